The molecule has 3 aromatic rings. The first-order valence-corrected chi connectivity index (χ1v) is 10.5. The number of rotatable bonds is 6. The molecule has 2 aromatic carbocycles. The first-order valence-electron chi connectivity index (χ1n) is 10.5. The second-order valence-corrected chi connectivity index (χ2v) is 7.85. The molecule has 0 bridgehead atoms. The van der Waals surface area contributed by atoms with Crippen molar-refractivity contribution in [2.24, 2.45) is 0 Å². The predicted molar refractivity (Wildman–Crippen MR) is 116 cm³/mol. The minimum Gasteiger partial charge on any atom is -0.497 e. The molecule has 8 nitrogen and oxygen atoms in total. The van der Waals surface area contributed by atoms with Gasteiger partial charge in [0, 0.05) is 18.4 Å². The van der Waals surface area contributed by atoms with Gasteiger partial charge in [-0.2, -0.15) is 0 Å². The zero-order valence-corrected chi connectivity index (χ0v) is 17.3. The van der Waals surface area contributed by atoms with Gasteiger partial charge in [-0.05, 0) is 37.1 Å². The number of imidazole rings is 1. The zero-order chi connectivity index (χ0) is 21.4. The molecule has 1 fully saturated rings. The van der Waals surface area contributed by atoms with Gasteiger partial charge in [0.25, 0.3) is 5.91 Å². The van der Waals surface area contributed by atoms with E-state index >= 15 is 0 Å². The molecule has 1 aromatic heterocycles. The lowest BCUT2D eigenvalue weighted by atomic mass is 10.1. The summed E-state index contributed by atoms with van der Waals surface area (Å²) in [5.74, 6) is 0.875. The summed E-state index contributed by atoms with van der Waals surface area (Å²) in [5.41, 5.74) is 2.28. The third kappa shape index (κ3) is 3.63. The molecule has 2 aliphatic heterocycles. The maximum Gasteiger partial charge on any atom is 0.253 e. The molecule has 0 saturated carbocycles. The molecule has 8 heteroatoms. The Hall–Kier alpha value is -3.39. The number of nitrogens with zero attached hydrogens (tertiary/aromatic N) is 3. The van der Waals surface area contributed by atoms with Crippen LogP contribution in [0.5, 0.6) is 5.75 Å². The Bertz CT molecular complexity index is 1140. The molecule has 2 aliphatic rings. The van der Waals surface area contributed by atoms with Gasteiger partial charge < -0.3 is 14.8 Å². The van der Waals surface area contributed by atoms with Crippen LogP contribution in [0.25, 0.3) is 11.0 Å². The summed E-state index contributed by atoms with van der Waals surface area (Å²) < 4.78 is 12.8. The minimum atomic E-state index is -0.644. The smallest absolute Gasteiger partial charge is 0.253 e. The molecular weight excluding hydrogens is 396 g/mol. The molecule has 1 saturated heterocycles. The third-order valence-corrected chi connectivity index (χ3v) is 5.82. The fraction of sp³-hybridized carbons (Fsp3) is 0.348. The van der Waals surface area contributed by atoms with Gasteiger partial charge in [-0.3, -0.25) is 19.1 Å². The number of carbonyl (C=O) groups excluding carboxylic acids is 2. The number of carbonyl (C=O) groups is 2. The second-order valence-electron chi connectivity index (χ2n) is 7.85. The number of amides is 2. The van der Waals surface area contributed by atoms with Crippen molar-refractivity contribution in [2.75, 3.05) is 30.5 Å². The molecule has 160 valence electrons. The SMILES string of the molecule is COc1cccc(NC(=O)C[C@H]2C(=O)N(C[C@@H]3CCCO3)c3nc4ccccc4n32)c1. The molecule has 3 heterocycles. The summed E-state index contributed by atoms with van der Waals surface area (Å²) >= 11 is 0. The maximum atomic E-state index is 13.4. The van der Waals surface area contributed by atoms with Crippen LogP contribution in [0.4, 0.5) is 11.6 Å². The Morgan fingerprint density at radius 2 is 2.13 bits per heavy atom. The molecule has 0 aliphatic carbocycles. The van der Waals surface area contributed by atoms with Crippen LogP contribution in [0.2, 0.25) is 0 Å². The van der Waals surface area contributed by atoms with Gasteiger partial charge in [0.2, 0.25) is 11.9 Å². The Balaban J connectivity index is 1.42. The van der Waals surface area contributed by atoms with Crippen LogP contribution >= 0.6 is 0 Å². The fourth-order valence-electron chi connectivity index (χ4n) is 4.35. The number of benzene rings is 2. The Kier molecular flexibility index (Phi) is 5.07. The lowest BCUT2D eigenvalue weighted by Gasteiger charge is -2.19. The highest BCUT2D eigenvalue weighted by Gasteiger charge is 2.42. The van der Waals surface area contributed by atoms with E-state index in [1.807, 2.05) is 34.9 Å². The van der Waals surface area contributed by atoms with E-state index in [-0.39, 0.29) is 24.3 Å². The van der Waals surface area contributed by atoms with E-state index in [2.05, 4.69) is 5.32 Å². The zero-order valence-electron chi connectivity index (χ0n) is 17.3. The predicted octanol–water partition coefficient (Wildman–Crippen LogP) is 3.14. The van der Waals surface area contributed by atoms with E-state index in [9.17, 15) is 9.59 Å². The van der Waals surface area contributed by atoms with Gasteiger partial charge in [0.1, 0.15) is 11.8 Å². The van der Waals surface area contributed by atoms with Crippen molar-refractivity contribution in [2.45, 2.75) is 31.4 Å². The molecule has 0 unspecified atom stereocenters. The molecule has 31 heavy (non-hydrogen) atoms. The molecule has 0 radical (unpaired) electrons. The number of para-hydroxylation sites is 2. The third-order valence-electron chi connectivity index (χ3n) is 5.82. The number of hydrogen-bond acceptors (Lipinski definition) is 5. The van der Waals surface area contributed by atoms with E-state index in [0.717, 1.165) is 30.5 Å². The Labute approximate surface area is 179 Å². The van der Waals surface area contributed by atoms with E-state index in [1.54, 1.807) is 30.2 Å². The quantitative estimate of drug-likeness (QED) is 0.662. The molecule has 2 atom stereocenters. The van der Waals surface area contributed by atoms with E-state index < -0.39 is 6.04 Å². The number of nitrogens with one attached hydrogen (secondary N) is 1. The summed E-state index contributed by atoms with van der Waals surface area (Å²) in [6.45, 7) is 1.17. The van der Waals surface area contributed by atoms with E-state index in [1.165, 1.54) is 0 Å². The number of aromatic nitrogens is 2. The summed E-state index contributed by atoms with van der Waals surface area (Å²) in [5, 5.41) is 2.87. The van der Waals surface area contributed by atoms with Crippen LogP contribution in [-0.4, -0.2) is 47.7 Å². The number of hydrogen-bond donors (Lipinski definition) is 1. The topological polar surface area (TPSA) is 85.7 Å². The Morgan fingerprint density at radius 1 is 1.26 bits per heavy atom. The molecule has 5 rings (SSSR count). The maximum absolute atomic E-state index is 13.4. The van der Waals surface area contributed by atoms with E-state index in [4.69, 9.17) is 14.5 Å². The van der Waals surface area contributed by atoms with Crippen LogP contribution in [0, 0.1) is 0 Å². The molecule has 0 spiro atoms. The minimum absolute atomic E-state index is 0.00146. The summed E-state index contributed by atoms with van der Waals surface area (Å²) in [6.07, 6.45) is 1.94. The van der Waals surface area contributed by atoms with Crippen LogP contribution in [0.3, 0.4) is 0 Å². The standard InChI is InChI=1S/C23H24N4O4/c1-30-16-7-4-6-15(12-16)24-21(28)13-20-22(29)26(14-17-8-5-11-31-17)23-25-18-9-2-3-10-19(18)27(20)23/h2-4,6-7,9-10,12,17,20H,5,8,11,13-14H2,1H3,(H,24,28)/t17-,20-/m0/s1. The molecule has 1 N–H and O–H groups in total. The van der Waals surface area contributed by atoms with Crippen molar-refractivity contribution in [3.05, 3.63) is 48.5 Å². The van der Waals surface area contributed by atoms with E-state index in [0.29, 0.717) is 23.9 Å². The van der Waals surface area contributed by atoms with Crippen LogP contribution in [0.15, 0.2) is 48.5 Å². The largest absolute Gasteiger partial charge is 0.497 e. The van der Waals surface area contributed by atoms with Crippen molar-refractivity contribution >= 4 is 34.5 Å². The van der Waals surface area contributed by atoms with Crippen molar-refractivity contribution < 1.29 is 19.1 Å². The summed E-state index contributed by atoms with van der Waals surface area (Å²) in [7, 11) is 1.58. The number of ether oxygens (including phenoxy) is 2. The first-order chi connectivity index (χ1) is 15.1. The second kappa shape index (κ2) is 8.03. The monoisotopic (exact) mass is 420 g/mol. The number of methoxy groups -OCH3 is 1. The van der Waals surface area contributed by atoms with Crippen molar-refractivity contribution in [3.8, 4) is 5.75 Å². The highest BCUT2D eigenvalue weighted by Crippen LogP contribution is 2.37. The van der Waals surface area contributed by atoms with Crippen LogP contribution in [0.1, 0.15) is 25.3 Å². The Morgan fingerprint density at radius 3 is 2.94 bits per heavy atom. The molecular formula is C23H24N4O4. The normalized spacial score (nSPS) is 20.3. The molecule has 2 amide bonds. The highest BCUT2D eigenvalue weighted by atomic mass is 16.5. The average molecular weight is 420 g/mol. The average Bonchev–Trinajstić information content (AvgIpc) is 3.48. The van der Waals surface area contributed by atoms with Gasteiger partial charge in [0.15, 0.2) is 0 Å². The van der Waals surface area contributed by atoms with Gasteiger partial charge in [-0.25, -0.2) is 4.98 Å². The summed E-state index contributed by atoms with van der Waals surface area (Å²) in [4.78, 5) is 32.6. The van der Waals surface area contributed by atoms with Crippen molar-refractivity contribution in [1.82, 2.24) is 9.55 Å². The first kappa shape index (κ1) is 19.6. The van der Waals surface area contributed by atoms with Crippen molar-refractivity contribution in [3.63, 3.8) is 0 Å². The summed E-state index contributed by atoms with van der Waals surface area (Å²) in [6, 6.07) is 14.2. The number of fused-ring (bicyclic) bond motifs is 3. The number of anilines is 2. The lowest BCUT2D eigenvalue weighted by Crippen LogP contribution is -2.37. The van der Waals surface area contributed by atoms with Crippen molar-refractivity contribution in [1.29, 1.82) is 0 Å². The highest BCUT2D eigenvalue weighted by molar-refractivity contribution is 6.05. The fourth-order valence-corrected chi connectivity index (χ4v) is 4.35. The van der Waals surface area contributed by atoms with Gasteiger partial charge in [0.05, 0.1) is 37.2 Å². The van der Waals surface area contributed by atoms with Crippen LogP contribution < -0.4 is 15.0 Å². The van der Waals surface area contributed by atoms with Gasteiger partial charge >= 0.3 is 0 Å². The van der Waals surface area contributed by atoms with Gasteiger partial charge in [-0.1, -0.05) is 18.2 Å². The lowest BCUT2D eigenvalue weighted by molar-refractivity contribution is -0.124. The van der Waals surface area contributed by atoms with Crippen LogP contribution in [-0.2, 0) is 14.3 Å². The van der Waals surface area contributed by atoms with Gasteiger partial charge in [-0.15, -0.1) is 0 Å².